The van der Waals surface area contributed by atoms with E-state index < -0.39 is 10.0 Å². The molecule has 0 spiro atoms. The van der Waals surface area contributed by atoms with E-state index in [4.69, 9.17) is 11.6 Å². The minimum atomic E-state index is -3.49. The van der Waals surface area contributed by atoms with Crippen molar-refractivity contribution in [2.24, 2.45) is 5.92 Å². The second-order valence-corrected chi connectivity index (χ2v) is 8.46. The van der Waals surface area contributed by atoms with E-state index in [1.807, 2.05) is 0 Å². The lowest BCUT2D eigenvalue weighted by atomic mass is 9.98. The molecule has 7 heteroatoms. The summed E-state index contributed by atoms with van der Waals surface area (Å²) in [6.45, 7) is 5.11. The molecule has 1 aromatic carbocycles. The number of rotatable bonds is 5. The lowest BCUT2D eigenvalue weighted by molar-refractivity contribution is 0.268. The third-order valence-corrected chi connectivity index (χ3v) is 6.64. The number of nitrogens with zero attached hydrogens (tertiary/aromatic N) is 1. The minimum Gasteiger partial charge on any atom is -0.317 e. The first-order chi connectivity index (χ1) is 9.95. The zero-order chi connectivity index (χ0) is 15.5. The molecule has 0 saturated carbocycles. The van der Waals surface area contributed by atoms with Gasteiger partial charge in [-0.15, -0.1) is 0 Å². The molecular weight excluding hydrogens is 376 g/mol. The summed E-state index contributed by atoms with van der Waals surface area (Å²) in [5.74, 6) is 0.553. The molecular formula is C14H20BrClN2O2S. The molecule has 1 fully saturated rings. The van der Waals surface area contributed by atoms with E-state index in [1.165, 1.54) is 0 Å². The Bertz CT molecular complexity index is 587. The lowest BCUT2D eigenvalue weighted by Gasteiger charge is -2.31. The fourth-order valence-electron chi connectivity index (χ4n) is 2.53. The van der Waals surface area contributed by atoms with Gasteiger partial charge < -0.3 is 5.32 Å². The monoisotopic (exact) mass is 394 g/mol. The van der Waals surface area contributed by atoms with Crippen molar-refractivity contribution in [1.82, 2.24) is 9.62 Å². The van der Waals surface area contributed by atoms with Crippen LogP contribution in [0, 0.1) is 5.92 Å². The molecule has 1 aromatic rings. The van der Waals surface area contributed by atoms with Gasteiger partial charge in [0, 0.05) is 17.6 Å². The zero-order valence-electron chi connectivity index (χ0n) is 12.0. The van der Waals surface area contributed by atoms with Crippen molar-refractivity contribution in [2.75, 3.05) is 26.2 Å². The van der Waals surface area contributed by atoms with Crippen LogP contribution in [0.25, 0.3) is 0 Å². The van der Waals surface area contributed by atoms with E-state index >= 15 is 0 Å². The van der Waals surface area contributed by atoms with Crippen molar-refractivity contribution in [2.45, 2.75) is 24.7 Å². The van der Waals surface area contributed by atoms with Gasteiger partial charge >= 0.3 is 0 Å². The first kappa shape index (κ1) is 17.2. The van der Waals surface area contributed by atoms with Crippen LogP contribution in [0.5, 0.6) is 0 Å². The van der Waals surface area contributed by atoms with E-state index in [0.717, 1.165) is 30.4 Å². The van der Waals surface area contributed by atoms with Gasteiger partial charge in [0.05, 0.1) is 5.02 Å². The maximum Gasteiger partial charge on any atom is 0.244 e. The molecule has 1 N–H and O–H groups in total. The second kappa shape index (κ2) is 7.42. The number of piperidine rings is 1. The number of benzene rings is 1. The molecule has 1 aliphatic heterocycles. The van der Waals surface area contributed by atoms with Gasteiger partial charge in [-0.25, -0.2) is 8.42 Å². The maximum atomic E-state index is 12.7. The van der Waals surface area contributed by atoms with Gasteiger partial charge in [0.2, 0.25) is 10.0 Å². The Kier molecular flexibility index (Phi) is 6.08. The van der Waals surface area contributed by atoms with Crippen LogP contribution in [0.15, 0.2) is 27.6 Å². The average molecular weight is 396 g/mol. The van der Waals surface area contributed by atoms with Gasteiger partial charge in [0.15, 0.2) is 0 Å². The third kappa shape index (κ3) is 4.20. The van der Waals surface area contributed by atoms with Gasteiger partial charge in [-0.1, -0.05) is 34.5 Å². The van der Waals surface area contributed by atoms with Crippen molar-refractivity contribution >= 4 is 37.6 Å². The van der Waals surface area contributed by atoms with E-state index in [-0.39, 0.29) is 9.92 Å². The van der Waals surface area contributed by atoms with Crippen molar-refractivity contribution in [1.29, 1.82) is 0 Å². The summed E-state index contributed by atoms with van der Waals surface area (Å²) in [5.41, 5.74) is 0. The molecule has 0 aromatic heterocycles. The van der Waals surface area contributed by atoms with Crippen LogP contribution in [-0.2, 0) is 10.0 Å². The summed E-state index contributed by atoms with van der Waals surface area (Å²) in [5, 5.41) is 3.59. The Balaban J connectivity index is 2.08. The molecule has 0 aliphatic carbocycles. The largest absolute Gasteiger partial charge is 0.317 e. The predicted molar refractivity (Wildman–Crippen MR) is 89.2 cm³/mol. The highest BCUT2D eigenvalue weighted by Gasteiger charge is 2.30. The summed E-state index contributed by atoms with van der Waals surface area (Å²) in [7, 11) is -3.49. The van der Waals surface area contributed by atoms with Crippen LogP contribution in [0.3, 0.4) is 0 Å². The summed E-state index contributed by atoms with van der Waals surface area (Å²) in [6, 6.07) is 4.88. The lowest BCUT2D eigenvalue weighted by Crippen LogP contribution is -2.40. The standard InChI is InChI=1S/C14H20BrClN2O2S/c1-2-17-10-11-5-7-18(8-6-11)21(19,20)14-4-3-12(15)9-13(14)16/h3-4,9,11,17H,2,5-8,10H2,1H3. The maximum absolute atomic E-state index is 12.7. The summed E-state index contributed by atoms with van der Waals surface area (Å²) in [6.07, 6.45) is 1.78. The highest BCUT2D eigenvalue weighted by molar-refractivity contribution is 9.10. The first-order valence-electron chi connectivity index (χ1n) is 7.11. The second-order valence-electron chi connectivity index (χ2n) is 5.23. The van der Waals surface area contributed by atoms with Crippen LogP contribution in [-0.4, -0.2) is 38.9 Å². The highest BCUT2D eigenvalue weighted by atomic mass is 79.9. The van der Waals surface area contributed by atoms with Crippen LogP contribution in [0.2, 0.25) is 5.02 Å². The van der Waals surface area contributed by atoms with E-state index in [2.05, 4.69) is 28.2 Å². The van der Waals surface area contributed by atoms with Crippen LogP contribution >= 0.6 is 27.5 Å². The first-order valence-corrected chi connectivity index (χ1v) is 9.72. The number of hydrogen-bond donors (Lipinski definition) is 1. The summed E-state index contributed by atoms with van der Waals surface area (Å²) >= 11 is 9.38. The van der Waals surface area contributed by atoms with Crippen molar-refractivity contribution < 1.29 is 8.42 Å². The Morgan fingerprint density at radius 1 is 1.38 bits per heavy atom. The zero-order valence-corrected chi connectivity index (χ0v) is 15.1. The Morgan fingerprint density at radius 3 is 2.62 bits per heavy atom. The molecule has 1 heterocycles. The van der Waals surface area contributed by atoms with Crippen molar-refractivity contribution in [3.05, 3.63) is 27.7 Å². The van der Waals surface area contributed by atoms with Crippen molar-refractivity contribution in [3.63, 3.8) is 0 Å². The van der Waals surface area contributed by atoms with E-state index in [9.17, 15) is 8.42 Å². The quantitative estimate of drug-likeness (QED) is 0.833. The molecule has 0 unspecified atom stereocenters. The molecule has 1 aliphatic rings. The van der Waals surface area contributed by atoms with Crippen LogP contribution in [0.4, 0.5) is 0 Å². The molecule has 0 atom stereocenters. The molecule has 118 valence electrons. The molecule has 0 radical (unpaired) electrons. The number of nitrogens with one attached hydrogen (secondary N) is 1. The van der Waals surface area contributed by atoms with E-state index in [1.54, 1.807) is 22.5 Å². The fraction of sp³-hybridized carbons (Fsp3) is 0.571. The van der Waals surface area contributed by atoms with Gasteiger partial charge in [0.25, 0.3) is 0 Å². The average Bonchev–Trinajstić information content (AvgIpc) is 2.45. The summed E-state index contributed by atoms with van der Waals surface area (Å²) in [4.78, 5) is 0.192. The molecule has 0 amide bonds. The molecule has 2 rings (SSSR count). The smallest absolute Gasteiger partial charge is 0.244 e. The Hall–Kier alpha value is -0.140. The van der Waals surface area contributed by atoms with Gasteiger partial charge in [-0.2, -0.15) is 4.31 Å². The van der Waals surface area contributed by atoms with E-state index in [0.29, 0.717) is 19.0 Å². The van der Waals surface area contributed by atoms with Gasteiger partial charge in [-0.05, 0) is 50.0 Å². The fourth-order valence-corrected chi connectivity index (χ4v) is 5.01. The number of sulfonamides is 1. The topological polar surface area (TPSA) is 49.4 Å². The molecule has 0 bridgehead atoms. The normalized spacial score (nSPS) is 18.0. The Labute approximate surface area is 140 Å². The number of halogens is 2. The minimum absolute atomic E-state index is 0.192. The number of hydrogen-bond acceptors (Lipinski definition) is 3. The molecule has 21 heavy (non-hydrogen) atoms. The van der Waals surface area contributed by atoms with Crippen molar-refractivity contribution in [3.8, 4) is 0 Å². The molecule has 4 nitrogen and oxygen atoms in total. The van der Waals surface area contributed by atoms with Crippen LogP contribution in [0.1, 0.15) is 19.8 Å². The van der Waals surface area contributed by atoms with Crippen LogP contribution < -0.4 is 5.32 Å². The molecule has 1 saturated heterocycles. The highest BCUT2D eigenvalue weighted by Crippen LogP contribution is 2.30. The Morgan fingerprint density at radius 2 is 2.05 bits per heavy atom. The van der Waals surface area contributed by atoms with Gasteiger partial charge in [-0.3, -0.25) is 0 Å². The van der Waals surface area contributed by atoms with Gasteiger partial charge in [0.1, 0.15) is 4.90 Å². The SMILES string of the molecule is CCNCC1CCN(S(=O)(=O)c2ccc(Br)cc2Cl)CC1. The predicted octanol–water partition coefficient (Wildman–Crippen LogP) is 3.11. The summed E-state index contributed by atoms with van der Waals surface area (Å²) < 4.78 is 27.6. The third-order valence-electron chi connectivity index (χ3n) is 3.77.